The molecule has 1 atom stereocenters. The van der Waals surface area contributed by atoms with E-state index in [-0.39, 0.29) is 12.3 Å². The van der Waals surface area contributed by atoms with Gasteiger partial charge in [0.2, 0.25) is 5.91 Å². The highest BCUT2D eigenvalue weighted by molar-refractivity contribution is 9.11. The predicted octanol–water partition coefficient (Wildman–Crippen LogP) is 7.28. The second-order valence-corrected chi connectivity index (χ2v) is 11.8. The number of hydrogen-bond donors (Lipinski definition) is 2. The molecule has 0 saturated carbocycles. The van der Waals surface area contributed by atoms with Crippen LogP contribution in [0.3, 0.4) is 0 Å². The number of ether oxygens (including phenoxy) is 2. The summed E-state index contributed by atoms with van der Waals surface area (Å²) in [6, 6.07) is 26.3. The number of hydrogen-bond acceptors (Lipinski definition) is 4. The van der Waals surface area contributed by atoms with Crippen molar-refractivity contribution in [3.05, 3.63) is 116 Å². The number of benzene rings is 4. The topological polar surface area (TPSA) is 88.1 Å². The third-order valence-corrected chi connectivity index (χ3v) is 8.17. The molecular formula is C31H30Br2N2O5S. The van der Waals surface area contributed by atoms with E-state index in [1.165, 1.54) is 4.31 Å². The highest BCUT2D eigenvalue weighted by Gasteiger charge is 2.20. The van der Waals surface area contributed by atoms with Gasteiger partial charge < -0.3 is 14.8 Å². The Morgan fingerprint density at radius 1 is 0.927 bits per heavy atom. The zero-order chi connectivity index (χ0) is 29.4. The maximum absolute atomic E-state index is 12.6. The van der Waals surface area contributed by atoms with Crippen LogP contribution in [0, 0.1) is 6.92 Å². The number of nitrogens with one attached hydrogen (secondary N) is 1. The quantitative estimate of drug-likeness (QED) is 0.152. The zero-order valence-electron chi connectivity index (χ0n) is 22.6. The largest absolute Gasteiger partial charge is 0.494 e. The molecule has 41 heavy (non-hydrogen) atoms. The Morgan fingerprint density at radius 2 is 1.61 bits per heavy atom. The van der Waals surface area contributed by atoms with E-state index in [9.17, 15) is 13.6 Å². The summed E-state index contributed by atoms with van der Waals surface area (Å²) in [6.45, 7) is 2.67. The van der Waals surface area contributed by atoms with Gasteiger partial charge in [0.15, 0.2) is 0 Å². The summed E-state index contributed by atoms with van der Waals surface area (Å²) >= 11 is 4.61. The van der Waals surface area contributed by atoms with Gasteiger partial charge in [0.05, 0.1) is 33.9 Å². The van der Waals surface area contributed by atoms with Crippen molar-refractivity contribution in [3.63, 3.8) is 0 Å². The van der Waals surface area contributed by atoms with E-state index in [4.69, 9.17) is 9.47 Å². The first-order valence-corrected chi connectivity index (χ1v) is 15.5. The Morgan fingerprint density at radius 3 is 2.24 bits per heavy atom. The van der Waals surface area contributed by atoms with E-state index in [1.807, 2.05) is 73.7 Å². The molecule has 2 N–H and O–H groups in total. The summed E-state index contributed by atoms with van der Waals surface area (Å²) in [4.78, 5) is 12.6. The SMILES string of the molecule is COc1c(Br)cc(CC(=O)NCCc2ccc(N(c3ccc(C)cc3)S(=O)O)c(OCc3ccccc3)c2)cc1Br. The third-order valence-electron chi connectivity index (χ3n) is 6.27. The van der Waals surface area contributed by atoms with E-state index in [1.54, 1.807) is 25.3 Å². The molecule has 0 aliphatic carbocycles. The predicted molar refractivity (Wildman–Crippen MR) is 170 cm³/mol. The van der Waals surface area contributed by atoms with Gasteiger partial charge in [-0.3, -0.25) is 9.35 Å². The van der Waals surface area contributed by atoms with Gasteiger partial charge in [-0.15, -0.1) is 0 Å². The molecule has 1 amide bonds. The number of aryl methyl sites for hydroxylation is 1. The van der Waals surface area contributed by atoms with Crippen molar-refractivity contribution < 1.29 is 23.0 Å². The van der Waals surface area contributed by atoms with Crippen LogP contribution in [0.1, 0.15) is 22.3 Å². The number of carbonyl (C=O) groups is 1. The minimum absolute atomic E-state index is 0.104. The monoisotopic (exact) mass is 700 g/mol. The summed E-state index contributed by atoms with van der Waals surface area (Å²) in [7, 11) is 1.59. The molecular weight excluding hydrogens is 672 g/mol. The molecule has 0 aromatic heterocycles. The van der Waals surface area contributed by atoms with Gasteiger partial charge in [-0.1, -0.05) is 54.1 Å². The number of carbonyl (C=O) groups excluding carboxylic acids is 1. The van der Waals surface area contributed by atoms with Crippen molar-refractivity contribution in [3.8, 4) is 11.5 Å². The van der Waals surface area contributed by atoms with E-state index >= 15 is 0 Å². The van der Waals surface area contributed by atoms with E-state index in [0.717, 1.165) is 31.2 Å². The van der Waals surface area contributed by atoms with E-state index in [0.29, 0.717) is 42.4 Å². The van der Waals surface area contributed by atoms with Gasteiger partial charge in [0.25, 0.3) is 11.3 Å². The molecule has 10 heteroatoms. The lowest BCUT2D eigenvalue weighted by molar-refractivity contribution is -0.120. The molecule has 7 nitrogen and oxygen atoms in total. The Bertz CT molecular complexity index is 1490. The molecule has 0 aliphatic rings. The Kier molecular flexibility index (Phi) is 11.0. The molecule has 0 heterocycles. The van der Waals surface area contributed by atoms with Crippen molar-refractivity contribution in [2.45, 2.75) is 26.4 Å². The standard InChI is InChI=1S/C31H30Br2N2O5S/c1-21-8-11-25(12-9-21)35(41(37)38)28-13-10-22(18-29(28)40-20-23-6-4-3-5-7-23)14-15-34-30(36)19-24-16-26(32)31(39-2)27(33)17-24/h3-13,16-18H,14-15,19-20H2,1-2H3,(H,34,36)(H,37,38). The van der Waals surface area contributed by atoms with Crippen molar-refractivity contribution in [1.82, 2.24) is 5.32 Å². The minimum Gasteiger partial charge on any atom is -0.494 e. The Hall–Kier alpha value is -3.18. The molecule has 1 unspecified atom stereocenters. The first-order chi connectivity index (χ1) is 19.7. The van der Waals surface area contributed by atoms with Crippen molar-refractivity contribution >= 4 is 60.4 Å². The molecule has 0 aliphatic heterocycles. The van der Waals surface area contributed by atoms with Crippen LogP contribution >= 0.6 is 31.9 Å². The van der Waals surface area contributed by atoms with Gasteiger partial charge >= 0.3 is 0 Å². The summed E-state index contributed by atoms with van der Waals surface area (Å²) in [5.74, 6) is 1.04. The van der Waals surface area contributed by atoms with E-state index < -0.39 is 11.3 Å². The Labute approximate surface area is 259 Å². The fourth-order valence-electron chi connectivity index (χ4n) is 4.23. The highest BCUT2D eigenvalue weighted by atomic mass is 79.9. The van der Waals surface area contributed by atoms with E-state index in [2.05, 4.69) is 37.2 Å². The van der Waals surface area contributed by atoms with Gasteiger partial charge in [-0.2, -0.15) is 0 Å². The second kappa shape index (κ2) is 14.6. The lowest BCUT2D eigenvalue weighted by atomic mass is 10.1. The van der Waals surface area contributed by atoms with Crippen molar-refractivity contribution in [2.24, 2.45) is 0 Å². The molecule has 0 radical (unpaired) electrons. The summed E-state index contributed by atoms with van der Waals surface area (Å²) in [5, 5.41) is 2.97. The number of nitrogens with zero attached hydrogens (tertiary/aromatic N) is 1. The maximum Gasteiger partial charge on any atom is 0.266 e. The second-order valence-electron chi connectivity index (χ2n) is 9.31. The first-order valence-electron chi connectivity index (χ1n) is 12.8. The number of methoxy groups -OCH3 is 1. The van der Waals surface area contributed by atoms with Crippen LogP contribution in [0.4, 0.5) is 11.4 Å². The lowest BCUT2D eigenvalue weighted by Gasteiger charge is -2.23. The Balaban J connectivity index is 1.49. The summed E-state index contributed by atoms with van der Waals surface area (Å²) in [5.41, 5.74) is 4.81. The van der Waals surface area contributed by atoms with Crippen LogP contribution in [0.5, 0.6) is 11.5 Å². The zero-order valence-corrected chi connectivity index (χ0v) is 26.6. The first kappa shape index (κ1) is 30.8. The number of rotatable bonds is 12. The van der Waals surface area contributed by atoms with Crippen LogP contribution in [0.2, 0.25) is 0 Å². The van der Waals surface area contributed by atoms with Gasteiger partial charge in [0, 0.05) is 6.54 Å². The number of anilines is 2. The molecule has 0 saturated heterocycles. The molecule has 0 bridgehead atoms. The fraction of sp³-hybridized carbons (Fsp3) is 0.194. The van der Waals surface area contributed by atoms with Crippen molar-refractivity contribution in [2.75, 3.05) is 18.0 Å². The van der Waals surface area contributed by atoms with Crippen LogP contribution in [0.25, 0.3) is 0 Å². The normalized spacial score (nSPS) is 11.5. The highest BCUT2D eigenvalue weighted by Crippen LogP contribution is 2.37. The average Bonchev–Trinajstić information content (AvgIpc) is 2.94. The van der Waals surface area contributed by atoms with Gasteiger partial charge in [-0.25, -0.2) is 8.51 Å². The summed E-state index contributed by atoms with van der Waals surface area (Å²) in [6.07, 6.45) is 0.774. The van der Waals surface area contributed by atoms with Gasteiger partial charge in [-0.05, 0) is 98.3 Å². The van der Waals surface area contributed by atoms with Crippen LogP contribution in [0.15, 0.2) is 93.9 Å². The molecule has 0 fully saturated rings. The molecule has 4 rings (SSSR count). The lowest BCUT2D eigenvalue weighted by Crippen LogP contribution is -2.27. The fourth-order valence-corrected chi connectivity index (χ4v) is 6.46. The average molecular weight is 702 g/mol. The van der Waals surface area contributed by atoms with Crippen LogP contribution in [-0.4, -0.2) is 28.3 Å². The maximum atomic E-state index is 12.6. The molecule has 0 spiro atoms. The number of amides is 1. The van der Waals surface area contributed by atoms with Crippen LogP contribution in [-0.2, 0) is 35.5 Å². The van der Waals surface area contributed by atoms with Gasteiger partial charge in [0.1, 0.15) is 18.1 Å². The van der Waals surface area contributed by atoms with Crippen molar-refractivity contribution in [1.29, 1.82) is 0 Å². The molecule has 4 aromatic rings. The molecule has 214 valence electrons. The minimum atomic E-state index is -2.33. The smallest absolute Gasteiger partial charge is 0.266 e. The third kappa shape index (κ3) is 8.42. The molecule has 4 aromatic carbocycles. The van der Waals surface area contributed by atoms with Crippen LogP contribution < -0.4 is 19.1 Å². The summed E-state index contributed by atoms with van der Waals surface area (Å²) < 4.78 is 37.1. The number of halogens is 2.